The van der Waals surface area contributed by atoms with Crippen molar-refractivity contribution in [1.29, 1.82) is 0 Å². The number of benzene rings is 3. The van der Waals surface area contributed by atoms with E-state index in [2.05, 4.69) is 19.8 Å². The zero-order chi connectivity index (χ0) is 26.2. The van der Waals surface area contributed by atoms with Gasteiger partial charge in [-0.3, -0.25) is 0 Å². The molecule has 0 saturated carbocycles. The summed E-state index contributed by atoms with van der Waals surface area (Å²) in [6.45, 7) is -0.308. The predicted octanol–water partition coefficient (Wildman–Crippen LogP) is 5.07. The standard InChI is InChI=1S/C24H16ClF2N5O4S/c25-14-3-5-19(15(9-14)13-2-4-20-16(8-13)24(28)32-36-20)35-21-10-18(27)22(11-17(21)26)37(33,34)31-12-23-29-6-1-7-30-23/h1-11,31H,12H2,(H2,28,32). The molecule has 9 nitrogen and oxygen atoms in total. The molecule has 0 aliphatic rings. The molecule has 0 amide bonds. The summed E-state index contributed by atoms with van der Waals surface area (Å²) in [4.78, 5) is 6.88. The number of nitrogens with two attached hydrogens (primary N) is 1. The highest BCUT2D eigenvalue weighted by Crippen LogP contribution is 2.38. The zero-order valence-electron chi connectivity index (χ0n) is 18.7. The summed E-state index contributed by atoms with van der Waals surface area (Å²) in [6, 6.07) is 12.3. The molecule has 0 spiro atoms. The van der Waals surface area contributed by atoms with Crippen molar-refractivity contribution in [1.82, 2.24) is 19.8 Å². The number of hydrogen-bond acceptors (Lipinski definition) is 8. The second kappa shape index (κ2) is 9.73. The summed E-state index contributed by atoms with van der Waals surface area (Å²) >= 11 is 6.17. The quantitative estimate of drug-likeness (QED) is 0.291. The van der Waals surface area contributed by atoms with Crippen LogP contribution in [-0.4, -0.2) is 23.5 Å². The lowest BCUT2D eigenvalue weighted by Crippen LogP contribution is -2.25. The molecule has 2 heterocycles. The lowest BCUT2D eigenvalue weighted by atomic mass is 10.0. The first-order chi connectivity index (χ1) is 17.7. The number of nitrogens with one attached hydrogen (secondary N) is 1. The highest BCUT2D eigenvalue weighted by atomic mass is 35.5. The van der Waals surface area contributed by atoms with E-state index < -0.39 is 32.3 Å². The molecular formula is C24H16ClF2N5O4S. The van der Waals surface area contributed by atoms with Crippen molar-refractivity contribution >= 4 is 38.4 Å². The Bertz CT molecular complexity index is 1730. The fraction of sp³-hybridized carbons (Fsp3) is 0.0417. The molecule has 0 atom stereocenters. The van der Waals surface area contributed by atoms with Crippen LogP contribution in [0.3, 0.4) is 0 Å². The summed E-state index contributed by atoms with van der Waals surface area (Å²) < 4.78 is 67.9. The van der Waals surface area contributed by atoms with Gasteiger partial charge in [-0.2, -0.15) is 0 Å². The first-order valence-corrected chi connectivity index (χ1v) is 12.4. The smallest absolute Gasteiger partial charge is 0.244 e. The van der Waals surface area contributed by atoms with E-state index in [0.29, 0.717) is 39.3 Å². The first-order valence-electron chi connectivity index (χ1n) is 10.6. The van der Waals surface area contributed by atoms with Crippen LogP contribution in [0.5, 0.6) is 11.5 Å². The fourth-order valence-electron chi connectivity index (χ4n) is 3.51. The minimum atomic E-state index is -4.42. The summed E-state index contributed by atoms with van der Waals surface area (Å²) in [5, 5.41) is 4.62. The zero-order valence-corrected chi connectivity index (χ0v) is 20.2. The number of nitrogens with zero attached hydrogens (tertiary/aromatic N) is 3. The molecule has 188 valence electrons. The Hall–Kier alpha value is -4.13. The van der Waals surface area contributed by atoms with Gasteiger partial charge in [-0.05, 0) is 42.0 Å². The maximum absolute atomic E-state index is 15.0. The van der Waals surface area contributed by atoms with Gasteiger partial charge < -0.3 is 15.0 Å². The van der Waals surface area contributed by atoms with Crippen LogP contribution in [0.15, 0.2) is 76.4 Å². The third-order valence-corrected chi connectivity index (χ3v) is 6.94. The molecule has 0 bridgehead atoms. The van der Waals surface area contributed by atoms with Crippen LogP contribution in [-0.2, 0) is 16.6 Å². The minimum absolute atomic E-state index is 0.132. The Morgan fingerprint density at radius 2 is 1.78 bits per heavy atom. The average Bonchev–Trinajstić information content (AvgIpc) is 3.26. The van der Waals surface area contributed by atoms with Crippen LogP contribution in [0.25, 0.3) is 22.1 Å². The van der Waals surface area contributed by atoms with Crippen molar-refractivity contribution in [2.75, 3.05) is 5.73 Å². The third-order valence-electron chi connectivity index (χ3n) is 5.29. The van der Waals surface area contributed by atoms with Crippen LogP contribution >= 0.6 is 11.6 Å². The number of sulfonamides is 1. The van der Waals surface area contributed by atoms with Crippen LogP contribution in [0, 0.1) is 11.6 Å². The summed E-state index contributed by atoms with van der Waals surface area (Å²) in [7, 11) is -4.42. The van der Waals surface area contributed by atoms with Gasteiger partial charge >= 0.3 is 0 Å². The summed E-state index contributed by atoms with van der Waals surface area (Å²) in [5.74, 6) is -2.37. The number of ether oxygens (including phenoxy) is 1. The van der Waals surface area contributed by atoms with Gasteiger partial charge in [0.25, 0.3) is 0 Å². The Morgan fingerprint density at radius 3 is 2.57 bits per heavy atom. The summed E-state index contributed by atoms with van der Waals surface area (Å²) in [5.41, 5.74) is 7.33. The van der Waals surface area contributed by atoms with Crippen molar-refractivity contribution in [2.24, 2.45) is 0 Å². The molecule has 13 heteroatoms. The van der Waals surface area contributed by atoms with Crippen LogP contribution in [0.4, 0.5) is 14.6 Å². The molecule has 0 aliphatic heterocycles. The molecule has 37 heavy (non-hydrogen) atoms. The van der Waals surface area contributed by atoms with Crippen molar-refractivity contribution < 1.29 is 26.5 Å². The molecule has 3 aromatic carbocycles. The molecule has 5 aromatic rings. The van der Waals surface area contributed by atoms with E-state index in [9.17, 15) is 17.2 Å². The normalized spacial score (nSPS) is 11.6. The molecular weight excluding hydrogens is 528 g/mol. The minimum Gasteiger partial charge on any atom is -0.454 e. The molecule has 5 rings (SSSR count). The molecule has 0 saturated heterocycles. The van der Waals surface area contributed by atoms with Gasteiger partial charge in [0.1, 0.15) is 22.3 Å². The highest BCUT2D eigenvalue weighted by molar-refractivity contribution is 7.89. The number of aromatic nitrogens is 3. The highest BCUT2D eigenvalue weighted by Gasteiger charge is 2.24. The average molecular weight is 544 g/mol. The number of rotatable bonds is 7. The molecule has 2 aromatic heterocycles. The largest absolute Gasteiger partial charge is 0.454 e. The van der Waals surface area contributed by atoms with E-state index in [1.807, 2.05) is 0 Å². The Labute approximate surface area is 213 Å². The van der Waals surface area contributed by atoms with Crippen molar-refractivity contribution in [3.05, 3.63) is 89.5 Å². The van der Waals surface area contributed by atoms with Gasteiger partial charge in [0.2, 0.25) is 10.0 Å². The molecule has 0 radical (unpaired) electrons. The monoisotopic (exact) mass is 543 g/mol. The van der Waals surface area contributed by atoms with E-state index in [0.717, 1.165) is 0 Å². The van der Waals surface area contributed by atoms with Crippen LogP contribution in [0.1, 0.15) is 5.82 Å². The Morgan fingerprint density at radius 1 is 1.00 bits per heavy atom. The van der Waals surface area contributed by atoms with Crippen molar-refractivity contribution in [2.45, 2.75) is 11.4 Å². The number of hydrogen-bond donors (Lipinski definition) is 2. The van der Waals surface area contributed by atoms with E-state index in [4.69, 9.17) is 26.6 Å². The topological polar surface area (TPSA) is 133 Å². The van der Waals surface area contributed by atoms with Crippen LogP contribution in [0.2, 0.25) is 5.02 Å². The first kappa shape index (κ1) is 24.6. The third kappa shape index (κ3) is 5.07. The Balaban J connectivity index is 1.46. The Kier molecular flexibility index (Phi) is 6.46. The maximum atomic E-state index is 15.0. The van der Waals surface area contributed by atoms with E-state index in [-0.39, 0.29) is 23.9 Å². The molecule has 0 unspecified atom stereocenters. The van der Waals surface area contributed by atoms with Crippen molar-refractivity contribution in [3.8, 4) is 22.6 Å². The lowest BCUT2D eigenvalue weighted by Gasteiger charge is -2.14. The lowest BCUT2D eigenvalue weighted by molar-refractivity contribution is 0.433. The second-order valence-electron chi connectivity index (χ2n) is 7.72. The molecule has 0 fully saturated rings. The van der Waals surface area contributed by atoms with Gasteiger partial charge in [-0.25, -0.2) is 31.9 Å². The maximum Gasteiger partial charge on any atom is 0.244 e. The molecule has 3 N–H and O–H groups in total. The van der Waals surface area contributed by atoms with E-state index in [1.54, 1.807) is 30.3 Å². The fourth-order valence-corrected chi connectivity index (χ4v) is 4.73. The van der Waals surface area contributed by atoms with Gasteiger partial charge in [0.15, 0.2) is 23.0 Å². The number of nitrogen functional groups attached to an aromatic ring is 1. The SMILES string of the molecule is Nc1noc2ccc(-c3cc(Cl)ccc3Oc3cc(F)c(S(=O)(=O)NCc4ncccn4)cc3F)cc12. The number of fused-ring (bicyclic) bond motifs is 1. The molecule has 0 aliphatic carbocycles. The van der Waals surface area contributed by atoms with E-state index in [1.165, 1.54) is 24.5 Å². The van der Waals surface area contributed by atoms with Gasteiger partial charge in [-0.1, -0.05) is 22.8 Å². The van der Waals surface area contributed by atoms with Gasteiger partial charge in [0, 0.05) is 35.1 Å². The van der Waals surface area contributed by atoms with Gasteiger partial charge in [-0.15, -0.1) is 0 Å². The second-order valence-corrected chi connectivity index (χ2v) is 9.90. The number of anilines is 1. The van der Waals surface area contributed by atoms with Crippen LogP contribution < -0.4 is 15.2 Å². The van der Waals surface area contributed by atoms with Gasteiger partial charge in [0.05, 0.1) is 11.9 Å². The summed E-state index contributed by atoms with van der Waals surface area (Å²) in [6.07, 6.45) is 2.85. The predicted molar refractivity (Wildman–Crippen MR) is 131 cm³/mol. The van der Waals surface area contributed by atoms with Crippen molar-refractivity contribution in [3.63, 3.8) is 0 Å². The number of halogens is 3. The van der Waals surface area contributed by atoms with E-state index >= 15 is 0 Å².